The summed E-state index contributed by atoms with van der Waals surface area (Å²) in [4.78, 5) is 22.7. The molecule has 6 heteroatoms. The Kier molecular flexibility index (Phi) is 6.17. The number of carbonyl (C=O) groups excluding carboxylic acids is 2. The van der Waals surface area contributed by atoms with Crippen LogP contribution >= 0.6 is 15.9 Å². The predicted octanol–water partition coefficient (Wildman–Crippen LogP) is 2.97. The molecular weight excluding hydrogens is 362 g/mol. The molecule has 0 radical (unpaired) electrons. The van der Waals surface area contributed by atoms with Crippen molar-refractivity contribution in [3.05, 3.63) is 58.1 Å². The van der Waals surface area contributed by atoms with E-state index >= 15 is 0 Å². The van der Waals surface area contributed by atoms with Gasteiger partial charge in [0.2, 0.25) is 0 Å². The maximum absolute atomic E-state index is 11.9. The van der Waals surface area contributed by atoms with E-state index in [2.05, 4.69) is 21.2 Å². The van der Waals surface area contributed by atoms with Gasteiger partial charge in [0.25, 0.3) is 5.91 Å². The molecule has 0 saturated heterocycles. The Labute approximate surface area is 142 Å². The molecule has 0 aromatic heterocycles. The van der Waals surface area contributed by atoms with Crippen molar-refractivity contribution in [3.63, 3.8) is 0 Å². The fraction of sp³-hybridized carbons (Fsp3) is 0.176. The van der Waals surface area contributed by atoms with Crippen molar-refractivity contribution >= 4 is 28.1 Å². The molecule has 0 aliphatic carbocycles. The van der Waals surface area contributed by atoms with Gasteiger partial charge in [-0.1, -0.05) is 30.3 Å². The summed E-state index contributed by atoms with van der Waals surface area (Å²) >= 11 is 3.31. The van der Waals surface area contributed by atoms with E-state index in [9.17, 15) is 9.59 Å². The van der Waals surface area contributed by atoms with E-state index in [1.54, 1.807) is 12.1 Å². The molecule has 120 valence electrons. The number of ether oxygens (including phenoxy) is 2. The van der Waals surface area contributed by atoms with E-state index in [4.69, 9.17) is 9.47 Å². The van der Waals surface area contributed by atoms with E-state index in [0.29, 0.717) is 34.4 Å². The van der Waals surface area contributed by atoms with Crippen LogP contribution in [0.15, 0.2) is 46.9 Å². The highest BCUT2D eigenvalue weighted by Crippen LogP contribution is 2.36. The lowest BCUT2D eigenvalue weighted by Gasteiger charge is -2.13. The molecule has 2 rings (SSSR count). The molecular formula is C17H16BrNO4. The number of amides is 1. The van der Waals surface area contributed by atoms with Crippen LogP contribution < -0.4 is 14.8 Å². The molecule has 0 saturated carbocycles. The Morgan fingerprint density at radius 3 is 2.65 bits per heavy atom. The van der Waals surface area contributed by atoms with Crippen molar-refractivity contribution in [1.29, 1.82) is 0 Å². The molecule has 1 amide bonds. The molecule has 5 nitrogen and oxygen atoms in total. The van der Waals surface area contributed by atoms with Crippen molar-refractivity contribution in [2.45, 2.75) is 6.54 Å². The van der Waals surface area contributed by atoms with Crippen molar-refractivity contribution in [3.8, 4) is 11.5 Å². The second kappa shape index (κ2) is 8.33. The van der Waals surface area contributed by atoms with Gasteiger partial charge in [0.15, 0.2) is 18.1 Å². The van der Waals surface area contributed by atoms with E-state index < -0.39 is 0 Å². The molecule has 23 heavy (non-hydrogen) atoms. The van der Waals surface area contributed by atoms with E-state index in [1.165, 1.54) is 7.11 Å². The lowest BCUT2D eigenvalue weighted by molar-refractivity contribution is -0.123. The normalized spacial score (nSPS) is 10.0. The molecule has 0 unspecified atom stereocenters. The summed E-state index contributed by atoms with van der Waals surface area (Å²) in [7, 11) is 1.47. The van der Waals surface area contributed by atoms with Gasteiger partial charge in [-0.05, 0) is 33.6 Å². The van der Waals surface area contributed by atoms with Crippen LogP contribution in [-0.2, 0) is 11.3 Å². The van der Waals surface area contributed by atoms with Crippen molar-refractivity contribution < 1.29 is 19.1 Å². The van der Waals surface area contributed by atoms with Crippen LogP contribution in [-0.4, -0.2) is 25.9 Å². The quantitative estimate of drug-likeness (QED) is 0.753. The highest BCUT2D eigenvalue weighted by molar-refractivity contribution is 9.10. The zero-order valence-electron chi connectivity index (χ0n) is 12.5. The zero-order chi connectivity index (χ0) is 16.7. The molecule has 0 spiro atoms. The second-order valence-electron chi connectivity index (χ2n) is 4.70. The average Bonchev–Trinajstić information content (AvgIpc) is 2.59. The van der Waals surface area contributed by atoms with Crippen LogP contribution in [0.4, 0.5) is 0 Å². The van der Waals surface area contributed by atoms with Crippen molar-refractivity contribution in [2.24, 2.45) is 0 Å². The highest BCUT2D eigenvalue weighted by atomic mass is 79.9. The van der Waals surface area contributed by atoms with Crippen LogP contribution in [0.2, 0.25) is 0 Å². The molecule has 1 N–H and O–H groups in total. The largest absolute Gasteiger partial charge is 0.493 e. The smallest absolute Gasteiger partial charge is 0.258 e. The number of halogens is 1. The topological polar surface area (TPSA) is 64.6 Å². The van der Waals surface area contributed by atoms with Crippen LogP contribution in [0, 0.1) is 0 Å². The molecule has 0 fully saturated rings. The SMILES string of the molecule is COc1cc(C=O)cc(Br)c1OCC(=O)NCc1ccccc1. The average molecular weight is 378 g/mol. The molecule has 0 bridgehead atoms. The third kappa shape index (κ3) is 4.82. The molecule has 0 aliphatic rings. The van der Waals surface area contributed by atoms with Gasteiger partial charge in [0.1, 0.15) is 6.29 Å². The number of hydrogen-bond donors (Lipinski definition) is 1. The van der Waals surface area contributed by atoms with Gasteiger partial charge in [-0.3, -0.25) is 9.59 Å². The lowest BCUT2D eigenvalue weighted by Crippen LogP contribution is -2.28. The summed E-state index contributed by atoms with van der Waals surface area (Å²) in [5.41, 5.74) is 1.46. The number of methoxy groups -OCH3 is 1. The summed E-state index contributed by atoms with van der Waals surface area (Å²) in [5, 5.41) is 2.77. The van der Waals surface area contributed by atoms with Gasteiger partial charge in [-0.15, -0.1) is 0 Å². The highest BCUT2D eigenvalue weighted by Gasteiger charge is 2.13. The second-order valence-corrected chi connectivity index (χ2v) is 5.56. The number of carbonyl (C=O) groups is 2. The maximum Gasteiger partial charge on any atom is 0.258 e. The van der Waals surface area contributed by atoms with Crippen LogP contribution in [0.25, 0.3) is 0 Å². The van der Waals surface area contributed by atoms with E-state index in [0.717, 1.165) is 5.56 Å². The Hall–Kier alpha value is -2.34. The minimum atomic E-state index is -0.248. The minimum absolute atomic E-state index is 0.151. The van der Waals surface area contributed by atoms with Gasteiger partial charge < -0.3 is 14.8 Å². The fourth-order valence-corrected chi connectivity index (χ4v) is 2.51. The monoisotopic (exact) mass is 377 g/mol. The van der Waals surface area contributed by atoms with E-state index in [1.807, 2.05) is 30.3 Å². The fourth-order valence-electron chi connectivity index (χ4n) is 1.93. The standard InChI is InChI=1S/C17H16BrNO4/c1-22-15-8-13(10-20)7-14(18)17(15)23-11-16(21)19-9-12-5-3-2-4-6-12/h2-8,10H,9,11H2,1H3,(H,19,21). The Morgan fingerprint density at radius 2 is 2.00 bits per heavy atom. The number of nitrogens with one attached hydrogen (secondary N) is 1. The maximum atomic E-state index is 11.9. The summed E-state index contributed by atoms with van der Waals surface area (Å²) in [6, 6.07) is 12.8. The third-order valence-corrected chi connectivity index (χ3v) is 3.66. The molecule has 2 aromatic carbocycles. The summed E-state index contributed by atoms with van der Waals surface area (Å²) in [5.74, 6) is 0.521. The first kappa shape index (κ1) is 17.0. The van der Waals surface area contributed by atoms with Gasteiger partial charge in [0, 0.05) is 12.1 Å². The van der Waals surface area contributed by atoms with Gasteiger partial charge in [0.05, 0.1) is 11.6 Å². The first-order chi connectivity index (χ1) is 11.1. The number of aldehydes is 1. The van der Waals surface area contributed by atoms with E-state index in [-0.39, 0.29) is 12.5 Å². The molecule has 0 aliphatic heterocycles. The van der Waals surface area contributed by atoms with Crippen LogP contribution in [0.1, 0.15) is 15.9 Å². The van der Waals surface area contributed by atoms with Crippen molar-refractivity contribution in [2.75, 3.05) is 13.7 Å². The predicted molar refractivity (Wildman–Crippen MR) is 89.9 cm³/mol. The van der Waals surface area contributed by atoms with Gasteiger partial charge >= 0.3 is 0 Å². The number of hydrogen-bond acceptors (Lipinski definition) is 4. The molecule has 0 heterocycles. The number of rotatable bonds is 7. The Balaban J connectivity index is 1.95. The number of benzene rings is 2. The lowest BCUT2D eigenvalue weighted by atomic mass is 10.2. The summed E-state index contributed by atoms with van der Waals surface area (Å²) in [6.07, 6.45) is 0.712. The van der Waals surface area contributed by atoms with Crippen molar-refractivity contribution in [1.82, 2.24) is 5.32 Å². The molecule has 2 aromatic rings. The van der Waals surface area contributed by atoms with Gasteiger partial charge in [-0.2, -0.15) is 0 Å². The minimum Gasteiger partial charge on any atom is -0.493 e. The first-order valence-electron chi connectivity index (χ1n) is 6.90. The van der Waals surface area contributed by atoms with Gasteiger partial charge in [-0.25, -0.2) is 0 Å². The zero-order valence-corrected chi connectivity index (χ0v) is 14.1. The van der Waals surface area contributed by atoms with Crippen LogP contribution in [0.3, 0.4) is 0 Å². The Bertz CT molecular complexity index is 688. The third-order valence-electron chi connectivity index (χ3n) is 3.07. The Morgan fingerprint density at radius 1 is 1.26 bits per heavy atom. The summed E-state index contributed by atoms with van der Waals surface area (Å²) in [6.45, 7) is 0.285. The summed E-state index contributed by atoms with van der Waals surface area (Å²) < 4.78 is 11.2. The first-order valence-corrected chi connectivity index (χ1v) is 7.69. The molecule has 0 atom stereocenters. The van der Waals surface area contributed by atoms with Crippen LogP contribution in [0.5, 0.6) is 11.5 Å².